The molecule has 2 aromatic carbocycles. The van der Waals surface area contributed by atoms with E-state index in [1.807, 2.05) is 35.2 Å². The van der Waals surface area contributed by atoms with Crippen LogP contribution in [0.1, 0.15) is 11.6 Å². The fourth-order valence-corrected chi connectivity index (χ4v) is 3.67. The van der Waals surface area contributed by atoms with Crippen molar-refractivity contribution >= 4 is 22.6 Å². The summed E-state index contributed by atoms with van der Waals surface area (Å²) in [4.78, 5) is 24.6. The topological polar surface area (TPSA) is 75.4 Å². The Morgan fingerprint density at radius 3 is 2.44 bits per heavy atom. The fraction of sp³-hybridized carbons (Fsp3) is 0.250. The van der Waals surface area contributed by atoms with Crippen LogP contribution in [0.2, 0.25) is 0 Å². The van der Waals surface area contributed by atoms with Crippen LogP contribution in [0.4, 0.5) is 10.2 Å². The Morgan fingerprint density at radius 2 is 1.74 bits per heavy atom. The number of nitrogens with two attached hydrogens (primary N) is 1. The molecule has 0 aliphatic carbocycles. The first kappa shape index (κ1) is 17.4. The van der Waals surface area contributed by atoms with Crippen molar-refractivity contribution in [1.82, 2.24) is 14.9 Å². The Balaban J connectivity index is 1.57. The van der Waals surface area contributed by atoms with E-state index in [-0.39, 0.29) is 11.7 Å². The van der Waals surface area contributed by atoms with Crippen LogP contribution < -0.4 is 10.6 Å². The molecule has 1 amide bonds. The molecule has 27 heavy (non-hydrogen) atoms. The highest BCUT2D eigenvalue weighted by Crippen LogP contribution is 2.28. The smallest absolute Gasteiger partial charge is 0.239 e. The van der Waals surface area contributed by atoms with Crippen molar-refractivity contribution in [1.29, 1.82) is 0 Å². The van der Waals surface area contributed by atoms with E-state index in [0.29, 0.717) is 42.9 Å². The summed E-state index contributed by atoms with van der Waals surface area (Å²) in [6, 6.07) is 13.9. The van der Waals surface area contributed by atoms with E-state index < -0.39 is 6.04 Å². The molecular formula is C20H20FN5O. The second-order valence-corrected chi connectivity index (χ2v) is 6.57. The minimum absolute atomic E-state index is 0.329. The van der Waals surface area contributed by atoms with E-state index >= 15 is 0 Å². The van der Waals surface area contributed by atoms with Crippen LogP contribution in [0.3, 0.4) is 0 Å². The maximum atomic E-state index is 14.4. The first-order valence-corrected chi connectivity index (χ1v) is 8.87. The molecule has 1 aliphatic heterocycles. The highest BCUT2D eigenvalue weighted by molar-refractivity contribution is 5.90. The van der Waals surface area contributed by atoms with Gasteiger partial charge in [0.15, 0.2) is 0 Å². The van der Waals surface area contributed by atoms with Gasteiger partial charge in [-0.2, -0.15) is 0 Å². The average Bonchev–Trinajstić information content (AvgIpc) is 2.69. The molecule has 1 aliphatic rings. The maximum absolute atomic E-state index is 14.4. The van der Waals surface area contributed by atoms with Gasteiger partial charge in [0.25, 0.3) is 0 Å². The number of hydrogen-bond donors (Lipinski definition) is 1. The largest absolute Gasteiger partial charge is 0.368 e. The van der Waals surface area contributed by atoms with E-state index in [0.717, 1.165) is 5.56 Å². The molecule has 1 aromatic heterocycles. The van der Waals surface area contributed by atoms with E-state index in [9.17, 15) is 9.18 Å². The Morgan fingerprint density at radius 1 is 1.00 bits per heavy atom. The van der Waals surface area contributed by atoms with Gasteiger partial charge >= 0.3 is 0 Å². The second-order valence-electron chi connectivity index (χ2n) is 6.57. The molecule has 1 saturated heterocycles. The lowest BCUT2D eigenvalue weighted by Gasteiger charge is -2.39. The third-order valence-corrected chi connectivity index (χ3v) is 4.96. The summed E-state index contributed by atoms with van der Waals surface area (Å²) in [7, 11) is 0. The van der Waals surface area contributed by atoms with Crippen LogP contribution in [-0.2, 0) is 4.79 Å². The molecule has 0 spiro atoms. The van der Waals surface area contributed by atoms with Gasteiger partial charge in [-0.25, -0.2) is 14.4 Å². The predicted molar refractivity (Wildman–Crippen MR) is 102 cm³/mol. The number of anilines is 1. The summed E-state index contributed by atoms with van der Waals surface area (Å²) in [6.45, 7) is 2.50. The Bertz CT molecular complexity index is 952. The van der Waals surface area contributed by atoms with Crippen molar-refractivity contribution < 1.29 is 9.18 Å². The summed E-state index contributed by atoms with van der Waals surface area (Å²) in [6.07, 6.45) is 1.46. The van der Waals surface area contributed by atoms with Crippen molar-refractivity contribution in [2.24, 2.45) is 5.73 Å². The number of carbonyl (C=O) groups is 1. The molecule has 2 heterocycles. The third-order valence-electron chi connectivity index (χ3n) is 4.96. The number of halogens is 1. The molecule has 1 fully saturated rings. The number of rotatable bonds is 4. The van der Waals surface area contributed by atoms with Crippen molar-refractivity contribution in [3.05, 3.63) is 66.2 Å². The van der Waals surface area contributed by atoms with Crippen LogP contribution >= 0.6 is 0 Å². The van der Waals surface area contributed by atoms with Gasteiger partial charge in [-0.05, 0) is 17.7 Å². The normalized spacial score (nSPS) is 16.4. The third kappa shape index (κ3) is 3.33. The lowest BCUT2D eigenvalue weighted by atomic mass is 10.0. The zero-order valence-corrected chi connectivity index (χ0v) is 14.8. The zero-order valence-electron chi connectivity index (χ0n) is 14.8. The van der Waals surface area contributed by atoms with E-state index in [1.165, 1.54) is 12.4 Å². The first-order valence-electron chi connectivity index (χ1n) is 8.87. The van der Waals surface area contributed by atoms with Crippen molar-refractivity contribution in [3.63, 3.8) is 0 Å². The highest BCUT2D eigenvalue weighted by Gasteiger charge is 2.30. The van der Waals surface area contributed by atoms with Gasteiger partial charge in [-0.3, -0.25) is 9.69 Å². The van der Waals surface area contributed by atoms with Crippen molar-refractivity contribution in [3.8, 4) is 0 Å². The lowest BCUT2D eigenvalue weighted by Crippen LogP contribution is -2.50. The molecule has 7 heteroatoms. The van der Waals surface area contributed by atoms with E-state index in [1.54, 1.807) is 12.1 Å². The number of primary amides is 1. The minimum Gasteiger partial charge on any atom is -0.368 e. The van der Waals surface area contributed by atoms with Crippen LogP contribution in [0.15, 0.2) is 54.9 Å². The number of hydrogen-bond acceptors (Lipinski definition) is 5. The van der Waals surface area contributed by atoms with Gasteiger partial charge in [0.05, 0.1) is 10.9 Å². The summed E-state index contributed by atoms with van der Waals surface area (Å²) < 4.78 is 14.4. The molecule has 3 aromatic rings. The number of benzene rings is 2. The van der Waals surface area contributed by atoms with Gasteiger partial charge in [-0.1, -0.05) is 36.4 Å². The predicted octanol–water partition coefficient (Wildman–Crippen LogP) is 2.12. The molecular weight excluding hydrogens is 345 g/mol. The summed E-state index contributed by atoms with van der Waals surface area (Å²) >= 11 is 0. The summed E-state index contributed by atoms with van der Waals surface area (Å²) in [5.74, 6) is -0.105. The zero-order chi connectivity index (χ0) is 18.8. The monoisotopic (exact) mass is 365 g/mol. The molecule has 0 saturated carbocycles. The van der Waals surface area contributed by atoms with Crippen LogP contribution in [-0.4, -0.2) is 47.0 Å². The molecule has 0 radical (unpaired) electrons. The summed E-state index contributed by atoms with van der Waals surface area (Å²) in [5.41, 5.74) is 7.15. The second kappa shape index (κ2) is 7.28. The summed E-state index contributed by atoms with van der Waals surface area (Å²) in [5, 5.41) is 0.433. The Hall–Kier alpha value is -3.06. The van der Waals surface area contributed by atoms with E-state index in [2.05, 4.69) is 14.9 Å². The van der Waals surface area contributed by atoms with Crippen LogP contribution in [0.5, 0.6) is 0 Å². The molecule has 2 N–H and O–H groups in total. The molecule has 0 bridgehead atoms. The van der Waals surface area contributed by atoms with Gasteiger partial charge in [0, 0.05) is 26.2 Å². The highest BCUT2D eigenvalue weighted by atomic mass is 19.1. The molecule has 138 valence electrons. The number of aromatic nitrogens is 2. The number of piperazine rings is 1. The average molecular weight is 365 g/mol. The van der Waals surface area contributed by atoms with Gasteiger partial charge in [0.1, 0.15) is 24.0 Å². The number of fused-ring (bicyclic) bond motifs is 1. The SMILES string of the molecule is NC(=O)C(c1ccccc1)N1CCN(c2ncnc3cccc(F)c23)CC1. The van der Waals surface area contributed by atoms with Crippen LogP contribution in [0, 0.1) is 5.82 Å². The van der Waals surface area contributed by atoms with Crippen LogP contribution in [0.25, 0.3) is 10.9 Å². The fourth-order valence-electron chi connectivity index (χ4n) is 3.67. The minimum atomic E-state index is -0.466. The van der Waals surface area contributed by atoms with E-state index in [4.69, 9.17) is 5.73 Å². The number of carbonyl (C=O) groups excluding carboxylic acids is 1. The first-order chi connectivity index (χ1) is 13.1. The van der Waals surface area contributed by atoms with Gasteiger partial charge in [0.2, 0.25) is 5.91 Å². The lowest BCUT2D eigenvalue weighted by molar-refractivity contribution is -0.123. The molecule has 4 rings (SSSR count). The Kier molecular flexibility index (Phi) is 4.68. The molecule has 6 nitrogen and oxygen atoms in total. The maximum Gasteiger partial charge on any atom is 0.239 e. The van der Waals surface area contributed by atoms with Gasteiger partial charge < -0.3 is 10.6 Å². The number of amides is 1. The molecule has 1 atom stereocenters. The van der Waals surface area contributed by atoms with Gasteiger partial charge in [-0.15, -0.1) is 0 Å². The Labute approximate surface area is 156 Å². The molecule has 1 unspecified atom stereocenters. The van der Waals surface area contributed by atoms with Crippen molar-refractivity contribution in [2.45, 2.75) is 6.04 Å². The number of nitrogens with zero attached hydrogens (tertiary/aromatic N) is 4. The standard InChI is InChI=1S/C20H20FN5O/c21-15-7-4-8-16-17(15)20(24-13-23-16)26-11-9-25(10-12-26)18(19(22)27)14-5-2-1-3-6-14/h1-8,13,18H,9-12H2,(H2,22,27). The quantitative estimate of drug-likeness (QED) is 0.766. The van der Waals surface area contributed by atoms with Crippen molar-refractivity contribution in [2.75, 3.05) is 31.1 Å².